The van der Waals surface area contributed by atoms with Crippen molar-refractivity contribution in [3.8, 4) is 5.88 Å². The summed E-state index contributed by atoms with van der Waals surface area (Å²) in [7, 11) is 0. The van der Waals surface area contributed by atoms with E-state index in [0.29, 0.717) is 6.29 Å². The Hall–Kier alpha value is -1.66. The normalized spacial score (nSPS) is 12.6. The minimum absolute atomic E-state index is 0.00445. The number of aldehydes is 1. The van der Waals surface area contributed by atoms with E-state index in [4.69, 9.17) is 0 Å². The Kier molecular flexibility index (Phi) is 3.38. The molecule has 1 aromatic rings. The van der Waals surface area contributed by atoms with Crippen LogP contribution in [0.25, 0.3) is 0 Å². The summed E-state index contributed by atoms with van der Waals surface area (Å²) in [6, 6.07) is 0. The lowest BCUT2D eigenvalue weighted by atomic mass is 10.5. The van der Waals surface area contributed by atoms with Gasteiger partial charge in [-0.2, -0.15) is 4.39 Å². The molecular formula is C7H5F3N2O2. The first-order valence-corrected chi connectivity index (χ1v) is 3.49. The van der Waals surface area contributed by atoms with Gasteiger partial charge in [-0.25, -0.2) is 18.7 Å². The lowest BCUT2D eigenvalue weighted by Crippen LogP contribution is -2.20. The summed E-state index contributed by atoms with van der Waals surface area (Å²) in [6.07, 6.45) is -3.70. The van der Waals surface area contributed by atoms with Crippen molar-refractivity contribution in [2.75, 3.05) is 0 Å². The third-order valence-corrected chi connectivity index (χ3v) is 1.20. The van der Waals surface area contributed by atoms with E-state index in [0.717, 1.165) is 12.4 Å². The molecule has 1 heterocycles. The average molecular weight is 206 g/mol. The highest BCUT2D eigenvalue weighted by Crippen LogP contribution is 2.11. The Balaban J connectivity index is 2.64. The number of carbonyl (C=O) groups excluding carboxylic acids is 1. The van der Waals surface area contributed by atoms with E-state index in [9.17, 15) is 18.0 Å². The number of ether oxygens (including phenoxy) is 1. The van der Waals surface area contributed by atoms with Crippen molar-refractivity contribution in [3.05, 3.63) is 18.1 Å². The van der Waals surface area contributed by atoms with Crippen molar-refractivity contribution in [1.82, 2.24) is 9.97 Å². The van der Waals surface area contributed by atoms with Gasteiger partial charge in [0.05, 0.1) is 12.4 Å². The first-order chi connectivity index (χ1) is 6.63. The SMILES string of the molecule is O=Cc1cnc(OC(F)C(F)F)cn1. The Labute approximate surface area is 76.7 Å². The molecule has 4 nitrogen and oxygen atoms in total. The predicted molar refractivity (Wildman–Crippen MR) is 38.9 cm³/mol. The Morgan fingerprint density at radius 1 is 1.29 bits per heavy atom. The minimum atomic E-state index is -3.25. The van der Waals surface area contributed by atoms with E-state index in [1.807, 2.05) is 0 Å². The first kappa shape index (κ1) is 10.4. The quantitative estimate of drug-likeness (QED) is 0.695. The van der Waals surface area contributed by atoms with Crippen LogP contribution in [0.15, 0.2) is 12.4 Å². The molecule has 0 aliphatic rings. The number of carbonyl (C=O) groups is 1. The number of aromatic nitrogens is 2. The summed E-state index contributed by atoms with van der Waals surface area (Å²) >= 11 is 0. The molecular weight excluding hydrogens is 201 g/mol. The van der Waals surface area contributed by atoms with Crippen LogP contribution in [0.2, 0.25) is 0 Å². The van der Waals surface area contributed by atoms with Crippen LogP contribution in [0.3, 0.4) is 0 Å². The maximum absolute atomic E-state index is 12.3. The topological polar surface area (TPSA) is 52.1 Å². The van der Waals surface area contributed by atoms with E-state index in [-0.39, 0.29) is 5.69 Å². The predicted octanol–water partition coefficient (Wildman–Crippen LogP) is 1.23. The van der Waals surface area contributed by atoms with Gasteiger partial charge in [0.1, 0.15) is 5.69 Å². The van der Waals surface area contributed by atoms with Gasteiger partial charge in [0.15, 0.2) is 6.29 Å². The average Bonchev–Trinajstić information content (AvgIpc) is 2.19. The van der Waals surface area contributed by atoms with Gasteiger partial charge >= 0.3 is 6.43 Å². The highest BCUT2D eigenvalue weighted by atomic mass is 19.3. The molecule has 0 aromatic carbocycles. The zero-order valence-corrected chi connectivity index (χ0v) is 6.73. The summed E-state index contributed by atoms with van der Waals surface area (Å²) in [5.41, 5.74) is 0.00445. The summed E-state index contributed by atoms with van der Waals surface area (Å²) in [5, 5.41) is 0. The van der Waals surface area contributed by atoms with Crippen LogP contribution >= 0.6 is 0 Å². The lowest BCUT2D eigenvalue weighted by molar-refractivity contribution is -0.0692. The number of hydrogen-bond donors (Lipinski definition) is 0. The van der Waals surface area contributed by atoms with Crippen molar-refractivity contribution in [1.29, 1.82) is 0 Å². The van der Waals surface area contributed by atoms with Gasteiger partial charge in [-0.15, -0.1) is 0 Å². The van der Waals surface area contributed by atoms with Crippen LogP contribution in [0.5, 0.6) is 5.88 Å². The van der Waals surface area contributed by atoms with Gasteiger partial charge in [0, 0.05) is 0 Å². The highest BCUT2D eigenvalue weighted by molar-refractivity contribution is 5.70. The second kappa shape index (κ2) is 4.54. The molecule has 0 spiro atoms. The molecule has 0 saturated heterocycles. The van der Waals surface area contributed by atoms with Crippen molar-refractivity contribution >= 4 is 6.29 Å². The molecule has 1 unspecified atom stereocenters. The summed E-state index contributed by atoms with van der Waals surface area (Å²) in [5.74, 6) is -0.400. The smallest absolute Gasteiger partial charge is 0.304 e. The molecule has 1 atom stereocenters. The largest absolute Gasteiger partial charge is 0.436 e. The zero-order valence-electron chi connectivity index (χ0n) is 6.73. The number of alkyl halides is 3. The van der Waals surface area contributed by atoms with Gasteiger partial charge in [0.25, 0.3) is 6.36 Å². The molecule has 14 heavy (non-hydrogen) atoms. The molecule has 76 valence electrons. The molecule has 0 radical (unpaired) electrons. The number of hydrogen-bond acceptors (Lipinski definition) is 4. The van der Waals surface area contributed by atoms with Crippen LogP contribution in [0.4, 0.5) is 13.2 Å². The maximum Gasteiger partial charge on any atom is 0.304 e. The molecule has 0 bridgehead atoms. The Bertz CT molecular complexity index is 304. The summed E-state index contributed by atoms with van der Waals surface area (Å²) in [4.78, 5) is 16.9. The fraction of sp³-hybridized carbons (Fsp3) is 0.286. The number of nitrogens with zero attached hydrogens (tertiary/aromatic N) is 2. The molecule has 0 saturated carbocycles. The third kappa shape index (κ3) is 2.68. The molecule has 0 amide bonds. The first-order valence-electron chi connectivity index (χ1n) is 3.49. The number of halogens is 3. The number of rotatable bonds is 4. The lowest BCUT2D eigenvalue weighted by Gasteiger charge is -2.08. The molecule has 0 N–H and O–H groups in total. The maximum atomic E-state index is 12.3. The Morgan fingerprint density at radius 2 is 2.00 bits per heavy atom. The zero-order chi connectivity index (χ0) is 10.6. The molecule has 1 rings (SSSR count). The second-order valence-corrected chi connectivity index (χ2v) is 2.20. The Morgan fingerprint density at radius 3 is 2.43 bits per heavy atom. The van der Waals surface area contributed by atoms with Gasteiger partial charge in [0.2, 0.25) is 5.88 Å². The summed E-state index contributed by atoms with van der Waals surface area (Å²) < 4.78 is 39.7. The molecule has 0 fully saturated rings. The fourth-order valence-corrected chi connectivity index (χ4v) is 0.615. The monoisotopic (exact) mass is 206 g/mol. The van der Waals surface area contributed by atoms with Crippen molar-refractivity contribution in [2.24, 2.45) is 0 Å². The fourth-order valence-electron chi connectivity index (χ4n) is 0.615. The van der Waals surface area contributed by atoms with Crippen molar-refractivity contribution in [2.45, 2.75) is 12.8 Å². The van der Waals surface area contributed by atoms with E-state index in [1.54, 1.807) is 0 Å². The minimum Gasteiger partial charge on any atom is -0.436 e. The van der Waals surface area contributed by atoms with Gasteiger partial charge in [-0.05, 0) is 0 Å². The molecule has 0 aliphatic heterocycles. The highest BCUT2D eigenvalue weighted by Gasteiger charge is 2.21. The molecule has 0 aliphatic carbocycles. The van der Waals surface area contributed by atoms with Gasteiger partial charge in [-0.1, -0.05) is 0 Å². The van der Waals surface area contributed by atoms with Crippen LogP contribution in [-0.2, 0) is 0 Å². The van der Waals surface area contributed by atoms with Crippen LogP contribution < -0.4 is 4.74 Å². The van der Waals surface area contributed by atoms with Crippen LogP contribution in [0, 0.1) is 0 Å². The molecule has 1 aromatic heterocycles. The van der Waals surface area contributed by atoms with E-state index < -0.39 is 18.7 Å². The standard InChI is InChI=1S/C7H5F3N2O2/c8-6(9)7(10)14-5-2-11-4(3-13)1-12-5/h1-3,6-7H. The van der Waals surface area contributed by atoms with E-state index in [2.05, 4.69) is 14.7 Å². The second-order valence-electron chi connectivity index (χ2n) is 2.20. The van der Waals surface area contributed by atoms with Crippen molar-refractivity contribution in [3.63, 3.8) is 0 Å². The van der Waals surface area contributed by atoms with E-state index in [1.165, 1.54) is 0 Å². The summed E-state index contributed by atoms with van der Waals surface area (Å²) in [6.45, 7) is 0. The van der Waals surface area contributed by atoms with Gasteiger partial charge < -0.3 is 4.74 Å². The van der Waals surface area contributed by atoms with Crippen LogP contribution in [0.1, 0.15) is 10.5 Å². The third-order valence-electron chi connectivity index (χ3n) is 1.20. The van der Waals surface area contributed by atoms with Crippen LogP contribution in [-0.4, -0.2) is 29.0 Å². The van der Waals surface area contributed by atoms with E-state index >= 15 is 0 Å². The molecule has 7 heteroatoms. The van der Waals surface area contributed by atoms with Crippen molar-refractivity contribution < 1.29 is 22.7 Å². The van der Waals surface area contributed by atoms with Gasteiger partial charge in [-0.3, -0.25) is 4.79 Å².